The van der Waals surface area contributed by atoms with E-state index < -0.39 is 0 Å². The van der Waals surface area contributed by atoms with Crippen molar-refractivity contribution in [3.63, 3.8) is 0 Å². The van der Waals surface area contributed by atoms with Crippen molar-refractivity contribution in [3.8, 4) is 0 Å². The number of hydrogen-bond acceptors (Lipinski definition) is 2. The zero-order valence-electron chi connectivity index (χ0n) is 10.2. The first-order valence-corrected chi connectivity index (χ1v) is 5.56. The summed E-state index contributed by atoms with van der Waals surface area (Å²) >= 11 is 0. The topological polar surface area (TPSA) is 12.5 Å². The van der Waals surface area contributed by atoms with Crippen molar-refractivity contribution in [1.82, 2.24) is 0 Å². The Labute approximate surface area is 92.9 Å². The summed E-state index contributed by atoms with van der Waals surface area (Å²) in [5.74, 6) is 0. The van der Waals surface area contributed by atoms with Crippen molar-refractivity contribution in [2.24, 2.45) is 0 Å². The van der Waals surface area contributed by atoms with E-state index in [1.165, 1.54) is 16.8 Å². The number of anilines is 1. The molecule has 0 aliphatic heterocycles. The highest BCUT2D eigenvalue weighted by Gasteiger charge is 2.07. The van der Waals surface area contributed by atoms with Crippen LogP contribution in [0.5, 0.6) is 0 Å². The summed E-state index contributed by atoms with van der Waals surface area (Å²) in [6, 6.07) is 6.61. The fraction of sp³-hybridized carbons (Fsp3) is 0.538. The normalized spacial score (nSPS) is 10.4. The van der Waals surface area contributed by atoms with Gasteiger partial charge in [-0.1, -0.05) is 24.6 Å². The van der Waals surface area contributed by atoms with Gasteiger partial charge in [0.25, 0.3) is 0 Å². The number of benzene rings is 1. The minimum Gasteiger partial charge on any atom is -0.364 e. The van der Waals surface area contributed by atoms with Crippen LogP contribution in [-0.4, -0.2) is 20.4 Å². The number of hydrogen-bond donors (Lipinski definition) is 0. The zero-order chi connectivity index (χ0) is 11.3. The highest BCUT2D eigenvalue weighted by Crippen LogP contribution is 2.22. The average molecular weight is 207 g/mol. The molecule has 1 aromatic rings. The van der Waals surface area contributed by atoms with Gasteiger partial charge in [0, 0.05) is 19.3 Å². The smallest absolute Gasteiger partial charge is 0.118 e. The molecule has 0 radical (unpaired) electrons. The molecule has 0 spiro atoms. The third-order valence-corrected chi connectivity index (χ3v) is 2.62. The van der Waals surface area contributed by atoms with Gasteiger partial charge >= 0.3 is 0 Å². The Kier molecular flexibility index (Phi) is 4.63. The average Bonchev–Trinajstić information content (AvgIpc) is 2.26. The van der Waals surface area contributed by atoms with Crippen LogP contribution in [0, 0.1) is 6.92 Å². The molecule has 0 aliphatic carbocycles. The number of methoxy groups -OCH3 is 1. The molecule has 84 valence electrons. The summed E-state index contributed by atoms with van der Waals surface area (Å²) in [5.41, 5.74) is 4.02. The Bertz CT molecular complexity index is 309. The summed E-state index contributed by atoms with van der Waals surface area (Å²) in [7, 11) is 1.74. The number of nitrogens with zero attached hydrogens (tertiary/aromatic N) is 1. The molecule has 0 atom stereocenters. The van der Waals surface area contributed by atoms with Gasteiger partial charge in [-0.15, -0.1) is 0 Å². The fourth-order valence-electron chi connectivity index (χ4n) is 1.79. The maximum absolute atomic E-state index is 5.20. The van der Waals surface area contributed by atoms with Crippen molar-refractivity contribution in [1.29, 1.82) is 0 Å². The van der Waals surface area contributed by atoms with Crippen LogP contribution >= 0.6 is 0 Å². The van der Waals surface area contributed by atoms with Gasteiger partial charge < -0.3 is 9.64 Å². The fourth-order valence-corrected chi connectivity index (χ4v) is 1.79. The maximum atomic E-state index is 5.20. The van der Waals surface area contributed by atoms with Crippen LogP contribution in [0.3, 0.4) is 0 Å². The van der Waals surface area contributed by atoms with E-state index in [4.69, 9.17) is 4.74 Å². The van der Waals surface area contributed by atoms with Crippen LogP contribution < -0.4 is 4.90 Å². The molecule has 0 saturated heterocycles. The van der Waals surface area contributed by atoms with E-state index in [-0.39, 0.29) is 0 Å². The predicted octanol–water partition coefficient (Wildman–Crippen LogP) is 2.99. The van der Waals surface area contributed by atoms with E-state index in [9.17, 15) is 0 Å². The van der Waals surface area contributed by atoms with Gasteiger partial charge in [0.05, 0.1) is 0 Å². The first kappa shape index (κ1) is 12.1. The summed E-state index contributed by atoms with van der Waals surface area (Å²) in [6.45, 7) is 8.11. The predicted molar refractivity (Wildman–Crippen MR) is 65.5 cm³/mol. The molecule has 0 bridgehead atoms. The van der Waals surface area contributed by atoms with E-state index in [2.05, 4.69) is 43.9 Å². The third-order valence-electron chi connectivity index (χ3n) is 2.62. The highest BCUT2D eigenvalue weighted by atomic mass is 16.5. The lowest BCUT2D eigenvalue weighted by Gasteiger charge is -2.24. The van der Waals surface area contributed by atoms with E-state index in [1.807, 2.05) is 0 Å². The Balaban J connectivity index is 2.99. The molecule has 0 saturated carbocycles. The first-order chi connectivity index (χ1) is 7.22. The zero-order valence-corrected chi connectivity index (χ0v) is 10.2. The molecule has 0 aromatic heterocycles. The molecule has 0 unspecified atom stereocenters. The van der Waals surface area contributed by atoms with Crippen LogP contribution in [0.4, 0.5) is 5.69 Å². The second kappa shape index (κ2) is 5.76. The summed E-state index contributed by atoms with van der Waals surface area (Å²) < 4.78 is 5.20. The van der Waals surface area contributed by atoms with Gasteiger partial charge in [0.2, 0.25) is 0 Å². The molecule has 15 heavy (non-hydrogen) atoms. The highest BCUT2D eigenvalue weighted by molar-refractivity contribution is 5.54. The standard InChI is InChI=1S/C13H21NO/c1-5-12-9-11(3)7-8-13(12)14(6-2)10-15-4/h7-9H,5-6,10H2,1-4H3. The van der Waals surface area contributed by atoms with Crippen LogP contribution in [0.15, 0.2) is 18.2 Å². The SMILES string of the molecule is CCc1cc(C)ccc1N(CC)COC. The lowest BCUT2D eigenvalue weighted by molar-refractivity contribution is 0.198. The molecule has 0 amide bonds. The quantitative estimate of drug-likeness (QED) is 0.688. The lowest BCUT2D eigenvalue weighted by Crippen LogP contribution is -2.26. The number of ether oxygens (including phenoxy) is 1. The van der Waals surface area contributed by atoms with Crippen molar-refractivity contribution < 1.29 is 4.74 Å². The van der Waals surface area contributed by atoms with Gasteiger partial charge in [-0.05, 0) is 31.9 Å². The van der Waals surface area contributed by atoms with Crippen LogP contribution in [0.25, 0.3) is 0 Å². The van der Waals surface area contributed by atoms with Crippen LogP contribution in [0.2, 0.25) is 0 Å². The minimum absolute atomic E-state index is 0.659. The van der Waals surface area contributed by atoms with Gasteiger partial charge in [0.15, 0.2) is 0 Å². The molecule has 2 nitrogen and oxygen atoms in total. The second-order valence-corrected chi connectivity index (χ2v) is 3.76. The van der Waals surface area contributed by atoms with Crippen molar-refractivity contribution in [3.05, 3.63) is 29.3 Å². The monoisotopic (exact) mass is 207 g/mol. The largest absolute Gasteiger partial charge is 0.364 e. The second-order valence-electron chi connectivity index (χ2n) is 3.76. The number of aryl methyl sites for hydroxylation is 2. The lowest BCUT2D eigenvalue weighted by atomic mass is 10.1. The Hall–Kier alpha value is -1.02. The molecule has 0 fully saturated rings. The molecular formula is C13H21NO. The molecule has 2 heteroatoms. The van der Waals surface area contributed by atoms with Gasteiger partial charge in [-0.2, -0.15) is 0 Å². The first-order valence-electron chi connectivity index (χ1n) is 5.56. The van der Waals surface area contributed by atoms with Gasteiger partial charge in [0.1, 0.15) is 6.73 Å². The van der Waals surface area contributed by atoms with Gasteiger partial charge in [-0.3, -0.25) is 0 Å². The summed E-state index contributed by atoms with van der Waals surface area (Å²) in [6.07, 6.45) is 1.07. The molecule has 1 rings (SSSR count). The van der Waals surface area contributed by atoms with Gasteiger partial charge in [-0.25, -0.2) is 0 Å². The number of rotatable bonds is 5. The van der Waals surface area contributed by atoms with Crippen LogP contribution in [0.1, 0.15) is 25.0 Å². The molecule has 0 N–H and O–H groups in total. The molecule has 1 aromatic carbocycles. The maximum Gasteiger partial charge on any atom is 0.118 e. The van der Waals surface area contributed by atoms with Crippen molar-refractivity contribution in [2.45, 2.75) is 27.2 Å². The van der Waals surface area contributed by atoms with E-state index in [0.717, 1.165) is 13.0 Å². The summed E-state index contributed by atoms with van der Waals surface area (Å²) in [4.78, 5) is 2.25. The van der Waals surface area contributed by atoms with E-state index in [1.54, 1.807) is 7.11 Å². The van der Waals surface area contributed by atoms with Crippen molar-refractivity contribution in [2.75, 3.05) is 25.3 Å². The Morgan fingerprint density at radius 1 is 1.27 bits per heavy atom. The molecule has 0 heterocycles. The molecular weight excluding hydrogens is 186 g/mol. The molecule has 0 aliphatic rings. The van der Waals surface area contributed by atoms with Crippen LogP contribution in [-0.2, 0) is 11.2 Å². The Morgan fingerprint density at radius 2 is 2.00 bits per heavy atom. The Morgan fingerprint density at radius 3 is 2.53 bits per heavy atom. The summed E-state index contributed by atoms with van der Waals surface area (Å²) in [5, 5.41) is 0. The van der Waals surface area contributed by atoms with Crippen molar-refractivity contribution >= 4 is 5.69 Å². The third kappa shape index (κ3) is 2.96. The minimum atomic E-state index is 0.659. The van der Waals surface area contributed by atoms with E-state index >= 15 is 0 Å². The van der Waals surface area contributed by atoms with E-state index in [0.29, 0.717) is 6.73 Å².